The third-order valence-corrected chi connectivity index (χ3v) is 5.43. The monoisotopic (exact) mass is 330 g/mol. The van der Waals surface area contributed by atoms with Crippen LogP contribution in [0.15, 0.2) is 24.3 Å². The molecular weight excluding hydrogens is 300 g/mol. The second kappa shape index (κ2) is 7.14. The molecule has 1 aromatic carbocycles. The van der Waals surface area contributed by atoms with E-state index in [9.17, 15) is 4.79 Å². The van der Waals surface area contributed by atoms with E-state index in [4.69, 9.17) is 4.74 Å². The SMILES string of the molecule is COc1ccc(C(=O)N2CCC[C@@]3(CCN(CC(C)C)C3)C2)cc1. The van der Waals surface area contributed by atoms with Crippen molar-refractivity contribution >= 4 is 5.91 Å². The lowest BCUT2D eigenvalue weighted by atomic mass is 9.79. The van der Waals surface area contributed by atoms with Gasteiger partial charge in [0.1, 0.15) is 5.75 Å². The van der Waals surface area contributed by atoms with Crippen molar-refractivity contribution in [1.82, 2.24) is 9.80 Å². The van der Waals surface area contributed by atoms with Gasteiger partial charge in [-0.15, -0.1) is 0 Å². The molecule has 1 aromatic rings. The molecule has 4 heteroatoms. The van der Waals surface area contributed by atoms with Crippen molar-refractivity contribution in [3.63, 3.8) is 0 Å². The summed E-state index contributed by atoms with van der Waals surface area (Å²) >= 11 is 0. The van der Waals surface area contributed by atoms with Crippen molar-refractivity contribution in [3.05, 3.63) is 29.8 Å². The average molecular weight is 330 g/mol. The number of carbonyl (C=O) groups is 1. The molecule has 1 amide bonds. The van der Waals surface area contributed by atoms with Gasteiger partial charge in [-0.2, -0.15) is 0 Å². The Morgan fingerprint density at radius 1 is 1.17 bits per heavy atom. The van der Waals surface area contributed by atoms with E-state index in [0.29, 0.717) is 11.3 Å². The average Bonchev–Trinajstić information content (AvgIpc) is 2.95. The molecule has 0 saturated carbocycles. The van der Waals surface area contributed by atoms with Gasteiger partial charge in [0.15, 0.2) is 0 Å². The van der Waals surface area contributed by atoms with Gasteiger partial charge in [0.25, 0.3) is 5.91 Å². The van der Waals surface area contributed by atoms with Crippen LogP contribution in [0.3, 0.4) is 0 Å². The Kier molecular flexibility index (Phi) is 5.14. The fourth-order valence-electron chi connectivity index (χ4n) is 4.33. The highest BCUT2D eigenvalue weighted by Crippen LogP contribution is 2.39. The van der Waals surface area contributed by atoms with Crippen molar-refractivity contribution in [2.45, 2.75) is 33.1 Å². The molecule has 4 nitrogen and oxygen atoms in total. The third kappa shape index (κ3) is 3.75. The molecule has 0 aliphatic carbocycles. The summed E-state index contributed by atoms with van der Waals surface area (Å²) < 4.78 is 5.18. The highest BCUT2D eigenvalue weighted by molar-refractivity contribution is 5.94. The molecule has 132 valence electrons. The Bertz CT molecular complexity index is 570. The van der Waals surface area contributed by atoms with Gasteiger partial charge in [0, 0.05) is 37.2 Å². The van der Waals surface area contributed by atoms with E-state index < -0.39 is 0 Å². The van der Waals surface area contributed by atoms with Crippen molar-refractivity contribution < 1.29 is 9.53 Å². The quantitative estimate of drug-likeness (QED) is 0.849. The summed E-state index contributed by atoms with van der Waals surface area (Å²) in [7, 11) is 1.65. The molecule has 0 N–H and O–H groups in total. The zero-order valence-electron chi connectivity index (χ0n) is 15.3. The maximum absolute atomic E-state index is 12.9. The number of hydrogen-bond donors (Lipinski definition) is 0. The Hall–Kier alpha value is -1.55. The first-order valence-corrected chi connectivity index (χ1v) is 9.17. The molecule has 1 atom stereocenters. The summed E-state index contributed by atoms with van der Waals surface area (Å²) in [5.74, 6) is 1.67. The molecule has 2 heterocycles. The van der Waals surface area contributed by atoms with E-state index in [1.54, 1.807) is 7.11 Å². The summed E-state index contributed by atoms with van der Waals surface area (Å²) in [6.45, 7) is 9.87. The molecule has 2 aliphatic rings. The van der Waals surface area contributed by atoms with Gasteiger partial charge in [-0.3, -0.25) is 4.79 Å². The van der Waals surface area contributed by atoms with Gasteiger partial charge in [-0.1, -0.05) is 13.8 Å². The second-order valence-corrected chi connectivity index (χ2v) is 7.94. The van der Waals surface area contributed by atoms with Crippen LogP contribution in [-0.4, -0.2) is 55.5 Å². The number of hydrogen-bond acceptors (Lipinski definition) is 3. The number of ether oxygens (including phenoxy) is 1. The van der Waals surface area contributed by atoms with Crippen molar-refractivity contribution in [2.24, 2.45) is 11.3 Å². The van der Waals surface area contributed by atoms with Crippen molar-refractivity contribution in [1.29, 1.82) is 0 Å². The topological polar surface area (TPSA) is 32.8 Å². The minimum atomic E-state index is 0.166. The number of benzene rings is 1. The van der Waals surface area contributed by atoms with Gasteiger partial charge in [0.2, 0.25) is 0 Å². The Labute approximate surface area is 145 Å². The van der Waals surface area contributed by atoms with Gasteiger partial charge < -0.3 is 14.5 Å². The Morgan fingerprint density at radius 3 is 2.58 bits per heavy atom. The highest BCUT2D eigenvalue weighted by atomic mass is 16.5. The normalized spacial score (nSPS) is 24.8. The van der Waals surface area contributed by atoms with E-state index in [0.717, 1.165) is 37.4 Å². The number of likely N-dealkylation sites (tertiary alicyclic amines) is 2. The first-order chi connectivity index (χ1) is 11.5. The Balaban J connectivity index is 1.65. The predicted molar refractivity (Wildman–Crippen MR) is 96.5 cm³/mol. The van der Waals surface area contributed by atoms with Crippen molar-refractivity contribution in [2.75, 3.05) is 39.8 Å². The molecule has 2 fully saturated rings. The van der Waals surface area contributed by atoms with E-state index in [1.807, 2.05) is 24.3 Å². The molecule has 0 radical (unpaired) electrons. The zero-order chi connectivity index (χ0) is 17.2. The van der Waals surface area contributed by atoms with Gasteiger partial charge in [-0.05, 0) is 56.0 Å². The number of amides is 1. The van der Waals surface area contributed by atoms with E-state index in [-0.39, 0.29) is 5.91 Å². The number of rotatable bonds is 4. The maximum Gasteiger partial charge on any atom is 0.253 e. The van der Waals surface area contributed by atoms with E-state index >= 15 is 0 Å². The maximum atomic E-state index is 12.9. The fourth-order valence-corrected chi connectivity index (χ4v) is 4.33. The number of piperidine rings is 1. The minimum absolute atomic E-state index is 0.166. The number of methoxy groups -OCH3 is 1. The molecule has 1 spiro atoms. The van der Waals surface area contributed by atoms with Gasteiger partial charge in [-0.25, -0.2) is 0 Å². The summed E-state index contributed by atoms with van der Waals surface area (Å²) in [6, 6.07) is 7.49. The van der Waals surface area contributed by atoms with Crippen LogP contribution in [0.4, 0.5) is 0 Å². The van der Waals surface area contributed by atoms with Crippen LogP contribution >= 0.6 is 0 Å². The lowest BCUT2D eigenvalue weighted by Gasteiger charge is -2.40. The summed E-state index contributed by atoms with van der Waals surface area (Å²) in [5, 5.41) is 0. The molecular formula is C20H30N2O2. The van der Waals surface area contributed by atoms with Crippen LogP contribution in [0.5, 0.6) is 5.75 Å². The van der Waals surface area contributed by atoms with Gasteiger partial charge >= 0.3 is 0 Å². The van der Waals surface area contributed by atoms with Crippen molar-refractivity contribution in [3.8, 4) is 5.75 Å². The van der Waals surface area contributed by atoms with Gasteiger partial charge in [0.05, 0.1) is 7.11 Å². The fraction of sp³-hybridized carbons (Fsp3) is 0.650. The van der Waals surface area contributed by atoms with E-state index in [2.05, 4.69) is 23.6 Å². The third-order valence-electron chi connectivity index (χ3n) is 5.43. The predicted octanol–water partition coefficient (Wildman–Crippen LogP) is 3.28. The summed E-state index contributed by atoms with van der Waals surface area (Å²) in [5.41, 5.74) is 1.08. The first kappa shape index (κ1) is 17.3. The van der Waals surface area contributed by atoms with Crippen LogP contribution in [0, 0.1) is 11.3 Å². The lowest BCUT2D eigenvalue weighted by molar-refractivity contribution is 0.0526. The minimum Gasteiger partial charge on any atom is -0.497 e. The van der Waals surface area contributed by atoms with Crippen LogP contribution in [0.2, 0.25) is 0 Å². The second-order valence-electron chi connectivity index (χ2n) is 7.94. The number of nitrogens with zero attached hydrogens (tertiary/aromatic N) is 2. The summed E-state index contributed by atoms with van der Waals surface area (Å²) in [6.07, 6.45) is 3.61. The largest absolute Gasteiger partial charge is 0.497 e. The number of carbonyl (C=O) groups excluding carboxylic acids is 1. The molecule has 0 unspecified atom stereocenters. The molecule has 0 bridgehead atoms. The molecule has 3 rings (SSSR count). The first-order valence-electron chi connectivity index (χ1n) is 9.17. The molecule has 2 saturated heterocycles. The zero-order valence-corrected chi connectivity index (χ0v) is 15.3. The molecule has 2 aliphatic heterocycles. The van der Waals surface area contributed by atoms with E-state index in [1.165, 1.54) is 25.9 Å². The Morgan fingerprint density at radius 2 is 1.92 bits per heavy atom. The molecule has 24 heavy (non-hydrogen) atoms. The van der Waals surface area contributed by atoms with Crippen LogP contribution in [-0.2, 0) is 0 Å². The summed E-state index contributed by atoms with van der Waals surface area (Å²) in [4.78, 5) is 17.5. The lowest BCUT2D eigenvalue weighted by Crippen LogP contribution is -2.47. The van der Waals surface area contributed by atoms with Crippen LogP contribution in [0.1, 0.15) is 43.5 Å². The standard InChI is InChI=1S/C20H30N2O2/c1-16(2)13-21-12-10-20(14-21)9-4-11-22(15-20)19(23)17-5-7-18(24-3)8-6-17/h5-8,16H,4,9-15H2,1-3H3/t20-/m0/s1. The van der Waals surface area contributed by atoms with Crippen LogP contribution < -0.4 is 4.74 Å². The van der Waals surface area contributed by atoms with Crippen LogP contribution in [0.25, 0.3) is 0 Å². The molecule has 0 aromatic heterocycles. The smallest absolute Gasteiger partial charge is 0.253 e. The highest BCUT2D eigenvalue weighted by Gasteiger charge is 2.42.